The molecule has 8 nitrogen and oxygen atoms in total. The number of aromatic nitrogens is 2. The Morgan fingerprint density at radius 2 is 2.00 bits per heavy atom. The van der Waals surface area contributed by atoms with Crippen LogP contribution in [0.15, 0.2) is 41.6 Å². The Kier molecular flexibility index (Phi) is 5.98. The minimum absolute atomic E-state index is 0.0167. The summed E-state index contributed by atoms with van der Waals surface area (Å²) in [4.78, 5) is 6.97. The smallest absolute Gasteiger partial charge is 0.365 e. The normalized spacial score (nSPS) is 20.5. The molecule has 0 spiro atoms. The summed E-state index contributed by atoms with van der Waals surface area (Å²) in [7, 11) is -4.24. The molecule has 1 unspecified atom stereocenters. The number of nitrogens with one attached hydrogen (secondary N) is 1. The molecule has 160 valence electrons. The predicted octanol–water partition coefficient (Wildman–Crippen LogP) is 2.41. The molecule has 1 fully saturated rings. The zero-order valence-electron chi connectivity index (χ0n) is 15.8. The Morgan fingerprint density at radius 1 is 1.30 bits per heavy atom. The molecule has 12 heteroatoms. The Hall–Kier alpha value is -2.75. The highest BCUT2D eigenvalue weighted by Gasteiger charge is 2.40. The van der Waals surface area contributed by atoms with Crippen LogP contribution in [-0.4, -0.2) is 48.0 Å². The van der Waals surface area contributed by atoms with E-state index in [4.69, 9.17) is 4.74 Å². The molecular weight excluding hydrogens is 423 g/mol. The van der Waals surface area contributed by atoms with Crippen molar-refractivity contribution in [1.29, 1.82) is 5.26 Å². The average Bonchev–Trinajstić information content (AvgIpc) is 2.72. The number of hydrogen-bond acceptors (Lipinski definition) is 7. The summed E-state index contributed by atoms with van der Waals surface area (Å²) >= 11 is 0. The van der Waals surface area contributed by atoms with Crippen LogP contribution in [0.25, 0.3) is 0 Å². The first-order valence-corrected chi connectivity index (χ1v) is 10.3. The maximum Gasteiger partial charge on any atom is 0.433 e. The van der Waals surface area contributed by atoms with Gasteiger partial charge in [0, 0.05) is 25.5 Å². The first-order valence-electron chi connectivity index (χ1n) is 8.81. The van der Waals surface area contributed by atoms with E-state index in [0.717, 1.165) is 10.4 Å². The van der Waals surface area contributed by atoms with Gasteiger partial charge in [-0.25, -0.2) is 13.4 Å². The zero-order chi connectivity index (χ0) is 22.0. The molecule has 0 saturated carbocycles. The minimum Gasteiger partial charge on any atom is -0.365 e. The maximum absolute atomic E-state index is 13.2. The summed E-state index contributed by atoms with van der Waals surface area (Å²) in [5.74, 6) is -0.424. The Bertz CT molecular complexity index is 1060. The van der Waals surface area contributed by atoms with Crippen molar-refractivity contribution < 1.29 is 26.3 Å². The van der Waals surface area contributed by atoms with E-state index in [2.05, 4.69) is 15.3 Å². The highest BCUT2D eigenvalue weighted by Crippen LogP contribution is 2.33. The van der Waals surface area contributed by atoms with Gasteiger partial charge in [-0.15, -0.1) is 0 Å². The fourth-order valence-corrected chi connectivity index (χ4v) is 4.48. The Labute approximate surface area is 171 Å². The molecule has 1 N–H and O–H groups in total. The minimum atomic E-state index is -4.74. The van der Waals surface area contributed by atoms with E-state index < -0.39 is 38.2 Å². The highest BCUT2D eigenvalue weighted by molar-refractivity contribution is 7.89. The van der Waals surface area contributed by atoms with Crippen LogP contribution in [0, 0.1) is 11.3 Å². The molecule has 1 atom stereocenters. The van der Waals surface area contributed by atoms with Crippen LogP contribution < -0.4 is 5.32 Å². The first-order chi connectivity index (χ1) is 14.0. The maximum atomic E-state index is 13.2. The van der Waals surface area contributed by atoms with Gasteiger partial charge in [0.1, 0.15) is 16.4 Å². The molecule has 2 aromatic rings. The topological polar surface area (TPSA) is 108 Å². The van der Waals surface area contributed by atoms with Crippen molar-refractivity contribution in [3.63, 3.8) is 0 Å². The van der Waals surface area contributed by atoms with E-state index in [-0.39, 0.29) is 26.2 Å². The summed E-state index contributed by atoms with van der Waals surface area (Å²) in [6.45, 7) is 1.18. The lowest BCUT2D eigenvalue weighted by atomic mass is 10.1. The number of morpholine rings is 1. The van der Waals surface area contributed by atoms with Crippen molar-refractivity contribution >= 4 is 15.8 Å². The lowest BCUT2D eigenvalue weighted by molar-refractivity contribution is -0.141. The Morgan fingerprint density at radius 3 is 2.63 bits per heavy atom. The number of pyridine rings is 2. The van der Waals surface area contributed by atoms with Gasteiger partial charge in [0.15, 0.2) is 5.60 Å². The van der Waals surface area contributed by atoms with Crippen molar-refractivity contribution in [2.24, 2.45) is 0 Å². The van der Waals surface area contributed by atoms with Crippen molar-refractivity contribution in [2.75, 3.05) is 25.0 Å². The number of ether oxygens (including phenoxy) is 1. The third-order valence-electron chi connectivity index (χ3n) is 4.45. The number of halogens is 3. The van der Waals surface area contributed by atoms with Gasteiger partial charge >= 0.3 is 6.18 Å². The van der Waals surface area contributed by atoms with E-state index in [9.17, 15) is 26.9 Å². The van der Waals surface area contributed by atoms with Crippen molar-refractivity contribution in [3.05, 3.63) is 47.9 Å². The molecule has 0 aromatic carbocycles. The summed E-state index contributed by atoms with van der Waals surface area (Å²) in [6.07, 6.45) is -1.73. The van der Waals surface area contributed by atoms with Crippen molar-refractivity contribution in [2.45, 2.75) is 30.1 Å². The fraction of sp³-hybridized carbons (Fsp3) is 0.389. The number of nitriles is 1. The van der Waals surface area contributed by atoms with Crippen LogP contribution in [0.1, 0.15) is 18.2 Å². The van der Waals surface area contributed by atoms with Gasteiger partial charge in [0.05, 0.1) is 19.2 Å². The molecule has 0 amide bonds. The average molecular weight is 441 g/mol. The molecule has 1 saturated heterocycles. The Balaban J connectivity index is 1.99. The fourth-order valence-electron chi connectivity index (χ4n) is 2.87. The van der Waals surface area contributed by atoms with Gasteiger partial charge in [-0.2, -0.15) is 22.7 Å². The molecule has 0 bridgehead atoms. The van der Waals surface area contributed by atoms with E-state index in [1.165, 1.54) is 19.3 Å². The molecule has 1 aliphatic heterocycles. The zero-order valence-corrected chi connectivity index (χ0v) is 16.7. The number of nitrogens with zero attached hydrogens (tertiary/aromatic N) is 4. The molecule has 0 radical (unpaired) electrons. The van der Waals surface area contributed by atoms with Gasteiger partial charge in [-0.1, -0.05) is 0 Å². The number of hydrogen-bond donors (Lipinski definition) is 1. The van der Waals surface area contributed by atoms with Gasteiger partial charge in [-0.05, 0) is 36.8 Å². The molecular formula is C18H18F3N5O3S. The third-order valence-corrected chi connectivity index (χ3v) is 6.33. The number of sulfonamides is 1. The second kappa shape index (κ2) is 8.17. The molecule has 3 rings (SSSR count). The lowest BCUT2D eigenvalue weighted by Gasteiger charge is -2.35. The molecule has 1 aliphatic rings. The van der Waals surface area contributed by atoms with E-state index >= 15 is 0 Å². The summed E-state index contributed by atoms with van der Waals surface area (Å²) in [5, 5.41) is 11.9. The highest BCUT2D eigenvalue weighted by atomic mass is 32.2. The van der Waals surface area contributed by atoms with E-state index in [1.807, 2.05) is 6.07 Å². The van der Waals surface area contributed by atoms with Crippen LogP contribution >= 0.6 is 0 Å². The second-order valence-electron chi connectivity index (χ2n) is 6.78. The molecule has 30 heavy (non-hydrogen) atoms. The summed E-state index contributed by atoms with van der Waals surface area (Å²) in [6, 6.07) is 6.67. The van der Waals surface area contributed by atoms with Crippen LogP contribution in [-0.2, 0) is 27.5 Å². The molecule has 0 aliphatic carbocycles. The predicted molar refractivity (Wildman–Crippen MR) is 99.5 cm³/mol. The van der Waals surface area contributed by atoms with E-state index in [1.54, 1.807) is 12.1 Å². The third kappa shape index (κ3) is 4.69. The quantitative estimate of drug-likeness (QED) is 0.759. The van der Waals surface area contributed by atoms with Gasteiger partial charge < -0.3 is 10.1 Å². The SMILES string of the molecule is CC1(C#N)CN(S(=O)(=O)c2ccc(C(F)(F)F)nc2NCc2ccncc2)CCO1. The molecule has 2 aromatic heterocycles. The number of alkyl halides is 3. The van der Waals surface area contributed by atoms with Crippen molar-refractivity contribution in [1.82, 2.24) is 14.3 Å². The van der Waals surface area contributed by atoms with E-state index in [0.29, 0.717) is 11.6 Å². The number of rotatable bonds is 5. The van der Waals surface area contributed by atoms with Gasteiger partial charge in [0.2, 0.25) is 10.0 Å². The van der Waals surface area contributed by atoms with Crippen LogP contribution in [0.5, 0.6) is 0 Å². The first kappa shape index (κ1) is 21.9. The van der Waals surface area contributed by atoms with Crippen LogP contribution in [0.2, 0.25) is 0 Å². The van der Waals surface area contributed by atoms with Gasteiger partial charge in [0.25, 0.3) is 0 Å². The summed E-state index contributed by atoms with van der Waals surface area (Å²) in [5.41, 5.74) is -1.89. The van der Waals surface area contributed by atoms with Gasteiger partial charge in [-0.3, -0.25) is 4.98 Å². The van der Waals surface area contributed by atoms with Crippen molar-refractivity contribution in [3.8, 4) is 6.07 Å². The van der Waals surface area contributed by atoms with Crippen LogP contribution in [0.3, 0.4) is 0 Å². The number of anilines is 1. The lowest BCUT2D eigenvalue weighted by Crippen LogP contribution is -2.51. The largest absolute Gasteiger partial charge is 0.433 e. The van der Waals surface area contributed by atoms with Crippen LogP contribution in [0.4, 0.5) is 19.0 Å². The second-order valence-corrected chi connectivity index (χ2v) is 8.69. The monoisotopic (exact) mass is 441 g/mol. The summed E-state index contributed by atoms with van der Waals surface area (Å²) < 4.78 is 72.1. The standard InChI is InChI=1S/C18H18F3N5O3S/c1-17(11-22)12-26(8-9-29-17)30(27,28)14-2-3-15(18(19,20)21)25-16(14)24-10-13-4-6-23-7-5-13/h2-7H,8-10,12H2,1H3,(H,24,25). The molecule has 3 heterocycles.